The van der Waals surface area contributed by atoms with Crippen molar-refractivity contribution >= 4 is 17.6 Å². The van der Waals surface area contributed by atoms with E-state index in [1.807, 2.05) is 0 Å². The van der Waals surface area contributed by atoms with Gasteiger partial charge in [-0.3, -0.25) is 24.4 Å². The lowest BCUT2D eigenvalue weighted by molar-refractivity contribution is -0.386. The number of aryl methyl sites for hydroxylation is 1. The summed E-state index contributed by atoms with van der Waals surface area (Å²) in [6.07, 6.45) is -0.108. The van der Waals surface area contributed by atoms with Crippen LogP contribution in [0.15, 0.2) is 48.5 Å². The number of hydrogen-bond donors (Lipinski definition) is 1. The van der Waals surface area contributed by atoms with Gasteiger partial charge < -0.3 is 10.1 Å². The number of ether oxygens (including phenoxy) is 1. The van der Waals surface area contributed by atoms with Gasteiger partial charge in [-0.15, -0.1) is 0 Å². The third-order valence-electron chi connectivity index (χ3n) is 5.25. The smallest absolute Gasteiger partial charge is 0.312 e. The average Bonchev–Trinajstić information content (AvgIpc) is 3.06. The average molecular weight is 454 g/mol. The van der Waals surface area contributed by atoms with Gasteiger partial charge in [0.05, 0.1) is 31.0 Å². The Morgan fingerprint density at radius 2 is 1.79 bits per heavy atom. The molecule has 0 fully saturated rings. The summed E-state index contributed by atoms with van der Waals surface area (Å²) < 4.78 is 19.5. The van der Waals surface area contributed by atoms with Gasteiger partial charge in [0.2, 0.25) is 0 Å². The summed E-state index contributed by atoms with van der Waals surface area (Å²) in [7, 11) is 1.25. The molecule has 0 spiro atoms. The minimum atomic E-state index is -0.694. The maximum absolute atomic E-state index is 13.3. The first kappa shape index (κ1) is 23.6. The zero-order valence-electron chi connectivity index (χ0n) is 18.4. The van der Waals surface area contributed by atoms with Gasteiger partial charge in [0.15, 0.2) is 0 Å². The zero-order chi connectivity index (χ0) is 24.1. The van der Waals surface area contributed by atoms with Crippen LogP contribution in [-0.4, -0.2) is 33.7 Å². The lowest BCUT2D eigenvalue weighted by Crippen LogP contribution is -2.30. The highest BCUT2D eigenvalue weighted by atomic mass is 19.1. The number of nitrogens with zero attached hydrogens (tertiary/aromatic N) is 3. The quantitative estimate of drug-likeness (QED) is 0.316. The van der Waals surface area contributed by atoms with Crippen molar-refractivity contribution < 1.29 is 23.6 Å². The number of halogens is 1. The number of carbonyl (C=O) groups excluding carboxylic acids is 2. The minimum Gasteiger partial charge on any atom is -0.469 e. The van der Waals surface area contributed by atoms with E-state index in [0.717, 1.165) is 5.56 Å². The summed E-state index contributed by atoms with van der Waals surface area (Å²) in [5.74, 6) is -1.36. The second-order valence-corrected chi connectivity index (χ2v) is 7.49. The molecule has 3 rings (SSSR count). The summed E-state index contributed by atoms with van der Waals surface area (Å²) in [5.41, 5.74) is 2.50. The van der Waals surface area contributed by atoms with Crippen molar-refractivity contribution in [3.05, 3.63) is 92.5 Å². The predicted molar refractivity (Wildman–Crippen MR) is 117 cm³/mol. The van der Waals surface area contributed by atoms with E-state index in [-0.39, 0.29) is 12.1 Å². The Bertz CT molecular complexity index is 1170. The molecule has 0 radical (unpaired) electrons. The summed E-state index contributed by atoms with van der Waals surface area (Å²) in [5, 5.41) is 18.2. The molecule has 10 heteroatoms. The first-order chi connectivity index (χ1) is 15.7. The van der Waals surface area contributed by atoms with E-state index < -0.39 is 28.7 Å². The molecule has 1 heterocycles. The zero-order valence-corrected chi connectivity index (χ0v) is 18.4. The minimum absolute atomic E-state index is 0.0107. The van der Waals surface area contributed by atoms with E-state index in [1.165, 1.54) is 31.4 Å². The van der Waals surface area contributed by atoms with E-state index in [2.05, 4.69) is 10.4 Å². The van der Waals surface area contributed by atoms with Gasteiger partial charge >= 0.3 is 11.7 Å². The molecule has 1 amide bonds. The Hall–Kier alpha value is -4.08. The van der Waals surface area contributed by atoms with Crippen molar-refractivity contribution in [3.8, 4) is 0 Å². The van der Waals surface area contributed by atoms with Gasteiger partial charge in [-0.2, -0.15) is 5.10 Å². The highest BCUT2D eigenvalue weighted by Crippen LogP contribution is 2.23. The Morgan fingerprint density at radius 3 is 2.33 bits per heavy atom. The molecule has 1 aromatic heterocycles. The highest BCUT2D eigenvalue weighted by Gasteiger charge is 2.22. The molecule has 0 aliphatic heterocycles. The molecular weight excluding hydrogens is 431 g/mol. The van der Waals surface area contributed by atoms with Crippen molar-refractivity contribution in [1.82, 2.24) is 15.1 Å². The lowest BCUT2D eigenvalue weighted by Gasteiger charge is -2.18. The molecule has 172 valence electrons. The predicted octanol–water partition coefficient (Wildman–Crippen LogP) is 3.63. The van der Waals surface area contributed by atoms with Crippen LogP contribution in [-0.2, 0) is 16.1 Å². The van der Waals surface area contributed by atoms with Crippen LogP contribution < -0.4 is 5.32 Å². The summed E-state index contributed by atoms with van der Waals surface area (Å²) in [6.45, 7) is 3.53. The molecule has 1 N–H and O–H groups in total. The van der Waals surface area contributed by atoms with E-state index in [1.54, 1.807) is 42.8 Å². The number of carbonyl (C=O) groups is 2. The second-order valence-electron chi connectivity index (χ2n) is 7.49. The van der Waals surface area contributed by atoms with Crippen molar-refractivity contribution in [2.45, 2.75) is 32.9 Å². The second kappa shape index (κ2) is 10.0. The fourth-order valence-corrected chi connectivity index (χ4v) is 3.48. The van der Waals surface area contributed by atoms with E-state index in [9.17, 15) is 24.1 Å². The Morgan fingerprint density at radius 1 is 1.15 bits per heavy atom. The molecule has 3 aromatic rings. The first-order valence-electron chi connectivity index (χ1n) is 10.1. The van der Waals surface area contributed by atoms with Crippen LogP contribution in [0.1, 0.15) is 45.3 Å². The topological polar surface area (TPSA) is 116 Å². The van der Waals surface area contributed by atoms with Gasteiger partial charge in [0.25, 0.3) is 5.91 Å². The lowest BCUT2D eigenvalue weighted by atomic mass is 10.0. The molecule has 33 heavy (non-hydrogen) atoms. The van der Waals surface area contributed by atoms with Gasteiger partial charge in [-0.25, -0.2) is 4.39 Å². The van der Waals surface area contributed by atoms with Crippen molar-refractivity contribution in [1.29, 1.82) is 0 Å². The summed E-state index contributed by atoms with van der Waals surface area (Å²) in [4.78, 5) is 35.3. The maximum Gasteiger partial charge on any atom is 0.312 e. The Balaban J connectivity index is 1.74. The Labute approximate surface area is 189 Å². The molecule has 9 nitrogen and oxygen atoms in total. The molecule has 0 aliphatic carbocycles. The number of rotatable bonds is 8. The molecule has 0 aliphatic rings. The Kier molecular flexibility index (Phi) is 7.17. The van der Waals surface area contributed by atoms with Crippen molar-refractivity contribution in [2.75, 3.05) is 7.11 Å². The maximum atomic E-state index is 13.3. The molecule has 1 atom stereocenters. The van der Waals surface area contributed by atoms with Crippen LogP contribution in [0.4, 0.5) is 10.1 Å². The molecule has 0 saturated carbocycles. The van der Waals surface area contributed by atoms with Crippen LogP contribution in [0.2, 0.25) is 0 Å². The highest BCUT2D eigenvalue weighted by molar-refractivity contribution is 5.94. The largest absolute Gasteiger partial charge is 0.469 e. The third kappa shape index (κ3) is 5.59. The number of nitro groups is 1. The fourth-order valence-electron chi connectivity index (χ4n) is 3.48. The SMILES string of the molecule is COC(=O)CC(NC(=O)c1ccc(Cn2nc(C)c([N+](=O)[O-])c2C)cc1)c1ccc(F)cc1. The van der Waals surface area contributed by atoms with E-state index in [4.69, 9.17) is 4.74 Å². The fraction of sp³-hybridized carbons (Fsp3) is 0.261. The number of amides is 1. The molecular formula is C23H23FN4O5. The van der Waals surface area contributed by atoms with E-state index >= 15 is 0 Å². The van der Waals surface area contributed by atoms with E-state index in [0.29, 0.717) is 29.1 Å². The molecule has 1 unspecified atom stereocenters. The van der Waals surface area contributed by atoms with Crippen LogP contribution >= 0.6 is 0 Å². The summed E-state index contributed by atoms with van der Waals surface area (Å²) in [6, 6.07) is 11.5. The molecule has 2 aromatic carbocycles. The first-order valence-corrected chi connectivity index (χ1v) is 10.1. The normalized spacial score (nSPS) is 11.6. The van der Waals surface area contributed by atoms with Crippen molar-refractivity contribution in [3.63, 3.8) is 0 Å². The van der Waals surface area contributed by atoms with Gasteiger partial charge in [0.1, 0.15) is 17.2 Å². The summed E-state index contributed by atoms with van der Waals surface area (Å²) >= 11 is 0. The van der Waals surface area contributed by atoms with Crippen LogP contribution in [0, 0.1) is 29.8 Å². The number of esters is 1. The number of aromatic nitrogens is 2. The van der Waals surface area contributed by atoms with Gasteiger partial charge in [-0.05, 0) is 49.2 Å². The number of methoxy groups -OCH3 is 1. The van der Waals surface area contributed by atoms with Gasteiger partial charge in [0, 0.05) is 5.56 Å². The van der Waals surface area contributed by atoms with Crippen LogP contribution in [0.3, 0.4) is 0 Å². The van der Waals surface area contributed by atoms with Crippen LogP contribution in [0.25, 0.3) is 0 Å². The third-order valence-corrected chi connectivity index (χ3v) is 5.25. The number of benzene rings is 2. The number of nitrogens with one attached hydrogen (secondary N) is 1. The molecule has 0 bridgehead atoms. The monoisotopic (exact) mass is 454 g/mol. The van der Waals surface area contributed by atoms with Crippen LogP contribution in [0.5, 0.6) is 0 Å². The number of hydrogen-bond acceptors (Lipinski definition) is 6. The van der Waals surface area contributed by atoms with Crippen molar-refractivity contribution in [2.24, 2.45) is 0 Å². The standard InChI is InChI=1S/C23H23FN4O5/c1-14-22(28(31)32)15(2)27(26-14)13-16-4-6-18(7-5-16)23(30)25-20(12-21(29)33-3)17-8-10-19(24)11-9-17/h4-11,20H,12-13H2,1-3H3,(H,25,30). The molecule has 0 saturated heterocycles. The van der Waals surface area contributed by atoms with Gasteiger partial charge in [-0.1, -0.05) is 24.3 Å².